The summed E-state index contributed by atoms with van der Waals surface area (Å²) in [7, 11) is -3.96. The lowest BCUT2D eigenvalue weighted by molar-refractivity contribution is -0.129. The van der Waals surface area contributed by atoms with Gasteiger partial charge in [-0.15, -0.1) is 0 Å². The van der Waals surface area contributed by atoms with Gasteiger partial charge in [-0.1, -0.05) is 38.1 Å². The number of sulfonamides is 1. The van der Waals surface area contributed by atoms with Crippen LogP contribution in [-0.2, 0) is 31.9 Å². The van der Waals surface area contributed by atoms with Crippen LogP contribution >= 0.6 is 0 Å². The summed E-state index contributed by atoms with van der Waals surface area (Å²) in [5.74, 6) is -0.372. The van der Waals surface area contributed by atoms with Gasteiger partial charge in [-0.25, -0.2) is 17.8 Å². The number of nitrogens with one attached hydrogen (secondary N) is 2. The van der Waals surface area contributed by atoms with E-state index >= 15 is 0 Å². The standard InChI is InChI=1S/C29H36FN5O5S/c1-21(2)17-26-29(37)32-12-15-34-14-11-31-28(34)23-5-3-6-25(18-23)40-16-4-13-35(19-27(36)33-26)41(38,39)20-22-7-9-24(30)10-8-22/h3,5-11,14,18,21,26H,4,12-13,15-17,19-20H2,1-2H3,(H,32,37)(H,33,36)/t26-/m1/s1. The number of halogens is 1. The molecule has 0 fully saturated rings. The minimum Gasteiger partial charge on any atom is -0.494 e. The van der Waals surface area contributed by atoms with E-state index in [0.29, 0.717) is 37.2 Å². The molecule has 2 N–H and O–H groups in total. The highest BCUT2D eigenvalue weighted by molar-refractivity contribution is 7.88. The molecule has 2 amide bonds. The van der Waals surface area contributed by atoms with Crippen LogP contribution in [0.1, 0.15) is 32.3 Å². The van der Waals surface area contributed by atoms with Crippen LogP contribution in [-0.4, -0.2) is 66.4 Å². The molecule has 1 atom stereocenters. The number of amides is 2. The smallest absolute Gasteiger partial charge is 0.242 e. The molecular weight excluding hydrogens is 549 g/mol. The zero-order chi connectivity index (χ0) is 29.4. The summed E-state index contributed by atoms with van der Waals surface area (Å²) in [5.41, 5.74) is 1.24. The topological polar surface area (TPSA) is 123 Å². The molecule has 0 saturated carbocycles. The first kappa shape index (κ1) is 30.2. The van der Waals surface area contributed by atoms with Crippen molar-refractivity contribution in [2.24, 2.45) is 5.92 Å². The molecule has 0 radical (unpaired) electrons. The predicted octanol–water partition coefficient (Wildman–Crippen LogP) is 2.95. The number of hydrogen-bond donors (Lipinski definition) is 2. The second-order valence-electron chi connectivity index (χ2n) is 10.4. The largest absolute Gasteiger partial charge is 0.494 e. The zero-order valence-electron chi connectivity index (χ0n) is 23.3. The lowest BCUT2D eigenvalue weighted by Gasteiger charge is -2.25. The van der Waals surface area contributed by atoms with Crippen LogP contribution in [0.5, 0.6) is 5.75 Å². The third kappa shape index (κ3) is 8.61. The number of benzene rings is 2. The molecule has 10 nitrogen and oxygen atoms in total. The summed E-state index contributed by atoms with van der Waals surface area (Å²) in [6.45, 7) is 4.42. The third-order valence-corrected chi connectivity index (χ3v) is 8.41. The maximum atomic E-state index is 13.4. The van der Waals surface area contributed by atoms with Crippen molar-refractivity contribution in [1.82, 2.24) is 24.5 Å². The van der Waals surface area contributed by atoms with Gasteiger partial charge in [-0.05, 0) is 48.6 Å². The average molecular weight is 586 g/mol. The van der Waals surface area contributed by atoms with Crippen LogP contribution in [0.3, 0.4) is 0 Å². The predicted molar refractivity (Wildman–Crippen MR) is 153 cm³/mol. The molecular formula is C29H36FN5O5S. The summed E-state index contributed by atoms with van der Waals surface area (Å²) >= 11 is 0. The molecule has 2 heterocycles. The first-order valence-electron chi connectivity index (χ1n) is 13.6. The number of hydrogen-bond acceptors (Lipinski definition) is 6. The SMILES string of the molecule is CC(C)C[C@H]1NC(=O)CN(S(=O)(=O)Cc2ccc(F)cc2)CCCOc2cccc(c2)-c2nccn2CCNC1=O. The van der Waals surface area contributed by atoms with E-state index in [1.54, 1.807) is 12.3 Å². The van der Waals surface area contributed by atoms with Gasteiger partial charge in [-0.2, -0.15) is 4.31 Å². The van der Waals surface area contributed by atoms with Crippen molar-refractivity contribution >= 4 is 21.8 Å². The Morgan fingerprint density at radius 3 is 2.66 bits per heavy atom. The summed E-state index contributed by atoms with van der Waals surface area (Å²) < 4.78 is 49.1. The Bertz CT molecular complexity index is 1440. The Hall–Kier alpha value is -3.77. The number of nitrogens with zero attached hydrogens (tertiary/aromatic N) is 3. The van der Waals surface area contributed by atoms with E-state index < -0.39 is 40.1 Å². The molecule has 12 heteroatoms. The highest BCUT2D eigenvalue weighted by Gasteiger charge is 2.28. The van der Waals surface area contributed by atoms with Crippen LogP contribution in [0.4, 0.5) is 4.39 Å². The summed E-state index contributed by atoms with van der Waals surface area (Å²) in [6.07, 6.45) is 4.22. The lowest BCUT2D eigenvalue weighted by Crippen LogP contribution is -2.51. The Balaban J connectivity index is 1.59. The van der Waals surface area contributed by atoms with Crippen molar-refractivity contribution in [2.75, 3.05) is 26.2 Å². The maximum Gasteiger partial charge on any atom is 0.242 e. The van der Waals surface area contributed by atoms with Crippen molar-refractivity contribution in [2.45, 2.75) is 45.0 Å². The second-order valence-corrected chi connectivity index (χ2v) is 12.4. The molecule has 3 aromatic rings. The fourth-order valence-corrected chi connectivity index (χ4v) is 6.15. The normalized spacial score (nSPS) is 18.0. The number of carbonyl (C=O) groups excluding carboxylic acids is 2. The molecule has 2 bridgehead atoms. The van der Waals surface area contributed by atoms with Crippen molar-refractivity contribution in [1.29, 1.82) is 0 Å². The molecule has 1 aliphatic rings. The Kier molecular flexibility index (Phi) is 10.1. The second kappa shape index (κ2) is 13.7. The number of imidazole rings is 1. The Morgan fingerprint density at radius 1 is 1.12 bits per heavy atom. The van der Waals surface area contributed by atoms with Crippen LogP contribution in [0.25, 0.3) is 11.4 Å². The third-order valence-electron chi connectivity index (χ3n) is 6.61. The maximum absolute atomic E-state index is 13.4. The zero-order valence-corrected chi connectivity index (χ0v) is 24.1. The van der Waals surface area contributed by atoms with Crippen LogP contribution in [0.15, 0.2) is 60.9 Å². The van der Waals surface area contributed by atoms with Gasteiger partial charge < -0.3 is 19.9 Å². The van der Waals surface area contributed by atoms with Crippen LogP contribution in [0, 0.1) is 11.7 Å². The fourth-order valence-electron chi connectivity index (χ4n) is 4.63. The number of carbonyl (C=O) groups is 2. The van der Waals surface area contributed by atoms with E-state index in [-0.39, 0.29) is 25.0 Å². The number of fused-ring (bicyclic) bond motifs is 4. The number of aromatic nitrogens is 2. The average Bonchev–Trinajstić information content (AvgIpc) is 3.39. The van der Waals surface area contributed by atoms with Crippen molar-refractivity contribution < 1.29 is 27.1 Å². The number of ether oxygens (including phenoxy) is 1. The van der Waals surface area contributed by atoms with Crippen molar-refractivity contribution in [3.8, 4) is 17.1 Å². The van der Waals surface area contributed by atoms with E-state index in [0.717, 1.165) is 15.7 Å². The number of rotatable bonds is 5. The van der Waals surface area contributed by atoms with Crippen molar-refractivity contribution in [3.63, 3.8) is 0 Å². The molecule has 0 unspecified atom stereocenters. The quantitative estimate of drug-likeness (QED) is 0.475. The summed E-state index contributed by atoms with van der Waals surface area (Å²) in [4.78, 5) is 30.7. The van der Waals surface area contributed by atoms with Gasteiger partial charge in [0.15, 0.2) is 0 Å². The Labute approximate surface area is 240 Å². The van der Waals surface area contributed by atoms with Gasteiger partial charge in [-0.3, -0.25) is 9.59 Å². The van der Waals surface area contributed by atoms with Gasteiger partial charge in [0.25, 0.3) is 0 Å². The fraction of sp³-hybridized carbons (Fsp3) is 0.414. The lowest BCUT2D eigenvalue weighted by atomic mass is 10.0. The van der Waals surface area contributed by atoms with E-state index in [1.165, 1.54) is 24.3 Å². The van der Waals surface area contributed by atoms with Gasteiger partial charge in [0, 0.05) is 37.6 Å². The molecule has 41 heavy (non-hydrogen) atoms. The van der Waals surface area contributed by atoms with E-state index in [2.05, 4.69) is 15.6 Å². The van der Waals surface area contributed by atoms with Gasteiger partial charge in [0.05, 0.1) is 18.9 Å². The Morgan fingerprint density at radius 2 is 1.90 bits per heavy atom. The minimum atomic E-state index is -3.96. The minimum absolute atomic E-state index is 0.0160. The molecule has 0 aliphatic carbocycles. The molecule has 1 aromatic heterocycles. The molecule has 2 aromatic carbocycles. The molecule has 1 aliphatic heterocycles. The van der Waals surface area contributed by atoms with Crippen LogP contribution < -0.4 is 15.4 Å². The molecule has 0 saturated heterocycles. The molecule has 220 valence electrons. The monoisotopic (exact) mass is 585 g/mol. The highest BCUT2D eigenvalue weighted by atomic mass is 32.2. The van der Waals surface area contributed by atoms with Crippen molar-refractivity contribution in [3.05, 3.63) is 72.3 Å². The summed E-state index contributed by atoms with van der Waals surface area (Å²) in [5, 5.41) is 5.63. The molecule has 0 spiro atoms. The van der Waals surface area contributed by atoms with E-state index in [4.69, 9.17) is 4.74 Å². The molecule has 4 rings (SSSR count). The van der Waals surface area contributed by atoms with Crippen LogP contribution in [0.2, 0.25) is 0 Å². The van der Waals surface area contributed by atoms with Gasteiger partial charge in [0.2, 0.25) is 21.8 Å². The summed E-state index contributed by atoms with van der Waals surface area (Å²) in [6, 6.07) is 11.8. The first-order valence-corrected chi connectivity index (χ1v) is 15.3. The van der Waals surface area contributed by atoms with Gasteiger partial charge >= 0.3 is 0 Å². The first-order chi connectivity index (χ1) is 19.6. The van der Waals surface area contributed by atoms with E-state index in [9.17, 15) is 22.4 Å². The van der Waals surface area contributed by atoms with Gasteiger partial charge in [0.1, 0.15) is 23.4 Å². The highest BCUT2D eigenvalue weighted by Crippen LogP contribution is 2.23. The van der Waals surface area contributed by atoms with E-state index in [1.807, 2.05) is 42.8 Å².